The molecule has 36 heavy (non-hydrogen) atoms. The summed E-state index contributed by atoms with van der Waals surface area (Å²) >= 11 is 0. The van der Waals surface area contributed by atoms with E-state index < -0.39 is 0 Å². The molecular weight excluding hydrogens is 459 g/mol. The van der Waals surface area contributed by atoms with Crippen LogP contribution in [0.15, 0.2) is 71.5 Å². The first-order valence-electron chi connectivity index (χ1n) is 11.9. The van der Waals surface area contributed by atoms with Gasteiger partial charge in [0.1, 0.15) is 5.82 Å². The maximum absolute atomic E-state index is 13.6. The van der Waals surface area contributed by atoms with Gasteiger partial charge in [-0.2, -0.15) is 0 Å². The molecule has 0 unspecified atom stereocenters. The molecule has 184 valence electrons. The minimum atomic E-state index is -0.324. The molecule has 0 bridgehead atoms. The van der Waals surface area contributed by atoms with E-state index in [1.54, 1.807) is 34.9 Å². The van der Waals surface area contributed by atoms with Crippen molar-refractivity contribution < 1.29 is 13.9 Å². The van der Waals surface area contributed by atoms with Gasteiger partial charge in [-0.3, -0.25) is 14.2 Å². The Hall–Kier alpha value is -4.04. The molecule has 1 aliphatic heterocycles. The Morgan fingerprint density at radius 2 is 1.69 bits per heavy atom. The molecule has 1 aromatic heterocycles. The van der Waals surface area contributed by atoms with Crippen molar-refractivity contribution >= 4 is 22.8 Å². The number of carbonyl (C=O) groups excluding carboxylic acids is 1. The number of ether oxygens (including phenoxy) is 1. The number of fused-ring (bicyclic) bond motifs is 1. The van der Waals surface area contributed by atoms with Gasteiger partial charge in [0.15, 0.2) is 0 Å². The standard InChI is InChI=1S/C28H27FN4O3/c1-19-2-4-21(5-3-19)18-33-27(35)24-11-8-22(26(34)30-17-20-6-9-23(29)10-7-20)16-25(24)31-28(33)32-12-14-36-15-13-32/h2-11,16H,12-15,17-18H2,1H3,(H,30,34). The fraction of sp³-hybridized carbons (Fsp3) is 0.250. The first kappa shape index (κ1) is 23.7. The summed E-state index contributed by atoms with van der Waals surface area (Å²) in [6.07, 6.45) is 0. The number of nitrogens with one attached hydrogen (secondary N) is 1. The molecule has 0 radical (unpaired) electrons. The van der Waals surface area contributed by atoms with Crippen molar-refractivity contribution in [3.05, 3.63) is 105 Å². The van der Waals surface area contributed by atoms with E-state index in [1.807, 2.05) is 31.2 Å². The third-order valence-electron chi connectivity index (χ3n) is 6.32. The number of anilines is 1. The van der Waals surface area contributed by atoms with Crippen LogP contribution in [0.3, 0.4) is 0 Å². The van der Waals surface area contributed by atoms with Crippen LogP contribution in [0.1, 0.15) is 27.0 Å². The third-order valence-corrected chi connectivity index (χ3v) is 6.32. The Balaban J connectivity index is 1.48. The molecule has 8 heteroatoms. The number of benzene rings is 3. The van der Waals surface area contributed by atoms with Crippen molar-refractivity contribution in [2.75, 3.05) is 31.2 Å². The minimum Gasteiger partial charge on any atom is -0.378 e. The van der Waals surface area contributed by atoms with E-state index in [9.17, 15) is 14.0 Å². The van der Waals surface area contributed by atoms with Gasteiger partial charge in [0.2, 0.25) is 5.95 Å². The van der Waals surface area contributed by atoms with Gasteiger partial charge in [0, 0.05) is 25.2 Å². The average molecular weight is 487 g/mol. The predicted octanol–water partition coefficient (Wildman–Crippen LogP) is 3.66. The summed E-state index contributed by atoms with van der Waals surface area (Å²) in [5, 5.41) is 3.29. The second-order valence-electron chi connectivity index (χ2n) is 8.93. The summed E-state index contributed by atoms with van der Waals surface area (Å²) < 4.78 is 20.3. The Morgan fingerprint density at radius 1 is 1.00 bits per heavy atom. The highest BCUT2D eigenvalue weighted by Crippen LogP contribution is 2.19. The lowest BCUT2D eigenvalue weighted by Gasteiger charge is -2.30. The predicted molar refractivity (Wildman–Crippen MR) is 137 cm³/mol. The van der Waals surface area contributed by atoms with Gasteiger partial charge in [0.05, 0.1) is 30.7 Å². The molecule has 1 aliphatic rings. The van der Waals surface area contributed by atoms with Crippen LogP contribution in [0.25, 0.3) is 10.9 Å². The molecule has 2 heterocycles. The molecule has 4 aromatic rings. The summed E-state index contributed by atoms with van der Waals surface area (Å²) in [6, 6.07) is 19.0. The van der Waals surface area contributed by atoms with Crippen molar-refractivity contribution in [1.82, 2.24) is 14.9 Å². The normalized spacial score (nSPS) is 13.7. The zero-order chi connectivity index (χ0) is 25.1. The SMILES string of the molecule is Cc1ccc(Cn2c(N3CCOCC3)nc3cc(C(=O)NCc4ccc(F)cc4)ccc3c2=O)cc1. The van der Waals surface area contributed by atoms with Gasteiger partial charge in [-0.05, 0) is 48.4 Å². The highest BCUT2D eigenvalue weighted by Gasteiger charge is 2.20. The average Bonchev–Trinajstić information content (AvgIpc) is 2.91. The molecule has 1 N–H and O–H groups in total. The molecule has 7 nitrogen and oxygen atoms in total. The van der Waals surface area contributed by atoms with Crippen LogP contribution in [0.2, 0.25) is 0 Å². The van der Waals surface area contributed by atoms with E-state index in [-0.39, 0.29) is 23.8 Å². The number of aromatic nitrogens is 2. The fourth-order valence-electron chi connectivity index (χ4n) is 4.26. The van der Waals surface area contributed by atoms with Gasteiger partial charge in [-0.1, -0.05) is 42.0 Å². The van der Waals surface area contributed by atoms with E-state index in [2.05, 4.69) is 10.2 Å². The van der Waals surface area contributed by atoms with Crippen molar-refractivity contribution in [3.63, 3.8) is 0 Å². The number of halogens is 1. The molecule has 0 saturated carbocycles. The van der Waals surface area contributed by atoms with Crippen LogP contribution in [0, 0.1) is 12.7 Å². The largest absolute Gasteiger partial charge is 0.378 e. The first-order chi connectivity index (χ1) is 17.5. The summed E-state index contributed by atoms with van der Waals surface area (Å²) in [4.78, 5) is 33.3. The molecular formula is C28H27FN4O3. The van der Waals surface area contributed by atoms with E-state index in [0.29, 0.717) is 55.3 Å². The Labute approximate surface area is 208 Å². The summed E-state index contributed by atoms with van der Waals surface area (Å²) in [6.45, 7) is 5.07. The number of nitrogens with zero attached hydrogens (tertiary/aromatic N) is 3. The number of hydrogen-bond donors (Lipinski definition) is 1. The van der Waals surface area contributed by atoms with Gasteiger partial charge >= 0.3 is 0 Å². The lowest BCUT2D eigenvalue weighted by molar-refractivity contribution is 0.0951. The van der Waals surface area contributed by atoms with Crippen LogP contribution in [0.4, 0.5) is 10.3 Å². The second kappa shape index (κ2) is 10.3. The van der Waals surface area contributed by atoms with Crippen LogP contribution in [-0.2, 0) is 17.8 Å². The van der Waals surface area contributed by atoms with Crippen molar-refractivity contribution in [2.24, 2.45) is 0 Å². The van der Waals surface area contributed by atoms with Crippen LogP contribution in [0.5, 0.6) is 0 Å². The molecule has 0 atom stereocenters. The van der Waals surface area contributed by atoms with E-state index in [1.165, 1.54) is 12.1 Å². The number of morpholine rings is 1. The molecule has 1 amide bonds. The maximum Gasteiger partial charge on any atom is 0.263 e. The van der Waals surface area contributed by atoms with E-state index in [0.717, 1.165) is 16.7 Å². The molecule has 0 aliphatic carbocycles. The monoisotopic (exact) mass is 486 g/mol. The van der Waals surface area contributed by atoms with Gasteiger partial charge < -0.3 is 15.0 Å². The molecule has 1 fully saturated rings. The summed E-state index contributed by atoms with van der Waals surface area (Å²) in [5.74, 6) is -0.0465. The smallest absolute Gasteiger partial charge is 0.263 e. The zero-order valence-corrected chi connectivity index (χ0v) is 20.0. The Morgan fingerprint density at radius 3 is 2.42 bits per heavy atom. The lowest BCUT2D eigenvalue weighted by atomic mass is 10.1. The third kappa shape index (κ3) is 5.13. The van der Waals surface area contributed by atoms with Crippen molar-refractivity contribution in [3.8, 4) is 0 Å². The van der Waals surface area contributed by atoms with Gasteiger partial charge in [-0.25, -0.2) is 9.37 Å². The van der Waals surface area contributed by atoms with Crippen LogP contribution < -0.4 is 15.8 Å². The summed E-state index contributed by atoms with van der Waals surface area (Å²) in [5.41, 5.74) is 3.67. The van der Waals surface area contributed by atoms with Crippen LogP contribution >= 0.6 is 0 Å². The maximum atomic E-state index is 13.6. The zero-order valence-electron chi connectivity index (χ0n) is 20.0. The molecule has 3 aromatic carbocycles. The highest BCUT2D eigenvalue weighted by molar-refractivity contribution is 5.97. The van der Waals surface area contributed by atoms with E-state index >= 15 is 0 Å². The number of aryl methyl sites for hydroxylation is 1. The number of rotatable bonds is 6. The second-order valence-corrected chi connectivity index (χ2v) is 8.93. The Kier molecular flexibility index (Phi) is 6.77. The molecule has 1 saturated heterocycles. The minimum absolute atomic E-state index is 0.152. The summed E-state index contributed by atoms with van der Waals surface area (Å²) in [7, 11) is 0. The van der Waals surface area contributed by atoms with Crippen molar-refractivity contribution in [2.45, 2.75) is 20.0 Å². The van der Waals surface area contributed by atoms with Gasteiger partial charge in [0.25, 0.3) is 11.5 Å². The molecule has 0 spiro atoms. The first-order valence-corrected chi connectivity index (χ1v) is 11.9. The van der Waals surface area contributed by atoms with E-state index in [4.69, 9.17) is 9.72 Å². The Bertz CT molecular complexity index is 1440. The van der Waals surface area contributed by atoms with Gasteiger partial charge in [-0.15, -0.1) is 0 Å². The number of hydrogen-bond acceptors (Lipinski definition) is 5. The fourth-order valence-corrected chi connectivity index (χ4v) is 4.26. The highest BCUT2D eigenvalue weighted by atomic mass is 19.1. The number of amides is 1. The molecule has 5 rings (SSSR count). The van der Waals surface area contributed by atoms with Crippen LogP contribution in [-0.4, -0.2) is 41.8 Å². The topological polar surface area (TPSA) is 76.5 Å². The number of carbonyl (C=O) groups is 1. The van der Waals surface area contributed by atoms with Crippen molar-refractivity contribution in [1.29, 1.82) is 0 Å². The quantitative estimate of drug-likeness (QED) is 0.450. The lowest BCUT2D eigenvalue weighted by Crippen LogP contribution is -2.41.